The van der Waals surface area contributed by atoms with E-state index >= 15 is 0 Å². The lowest BCUT2D eigenvalue weighted by Gasteiger charge is -1.96. The number of thiol groups is 2. The van der Waals surface area contributed by atoms with E-state index in [-0.39, 0.29) is 0 Å². The Morgan fingerprint density at radius 3 is 1.71 bits per heavy atom. The smallest absolute Gasteiger partial charge is 0.181 e. The van der Waals surface area contributed by atoms with Crippen molar-refractivity contribution in [2.45, 2.75) is 0 Å². The highest BCUT2D eigenvalue weighted by Gasteiger charge is 2.39. The van der Waals surface area contributed by atoms with E-state index in [1.807, 2.05) is 0 Å². The van der Waals surface area contributed by atoms with Crippen LogP contribution in [0.15, 0.2) is 0 Å². The Bertz CT molecular complexity index is 68.1. The van der Waals surface area contributed by atoms with Crippen molar-refractivity contribution in [2.75, 3.05) is 13.2 Å². The van der Waals surface area contributed by atoms with Gasteiger partial charge in [0.25, 0.3) is 0 Å². The van der Waals surface area contributed by atoms with Gasteiger partial charge in [-0.15, -0.1) is 0 Å². The molecule has 0 bridgehead atoms. The third kappa shape index (κ3) is 1.78. The molecule has 0 unspecified atom stereocenters. The Labute approximate surface area is 53.4 Å². The molecule has 0 aromatic carbocycles. The Morgan fingerprint density at radius 2 is 1.57 bits per heavy atom. The molecule has 1 saturated heterocycles. The molecule has 2 nitrogen and oxygen atoms in total. The largest absolute Gasteiger partial charge is 0.389 e. The summed E-state index contributed by atoms with van der Waals surface area (Å²) in [6.07, 6.45) is -1.90. The van der Waals surface area contributed by atoms with Gasteiger partial charge >= 0.3 is 6.12 Å². The monoisotopic (exact) mass is 157 g/mol. The first-order chi connectivity index (χ1) is 3.21. The number of hydrogen-bond acceptors (Lipinski definition) is 4. The quantitative estimate of drug-likeness (QED) is 0.410. The van der Waals surface area contributed by atoms with E-state index in [0.717, 1.165) is 0 Å². The van der Waals surface area contributed by atoms with E-state index in [1.54, 1.807) is 0 Å². The van der Waals surface area contributed by atoms with Crippen LogP contribution in [-0.2, 0) is 9.05 Å². The van der Waals surface area contributed by atoms with Crippen LogP contribution in [0.1, 0.15) is 0 Å². The fraction of sp³-hybridized carbons (Fsp3) is 1.00. The molecule has 0 spiro atoms. The minimum absolute atomic E-state index is 0.640. The first-order valence-corrected chi connectivity index (χ1v) is 5.77. The molecular weight excluding hydrogens is 151 g/mol. The minimum atomic E-state index is -1.90. The molecule has 0 N–H and O–H groups in total. The highest BCUT2D eigenvalue weighted by atomic mass is 33.1. The van der Waals surface area contributed by atoms with Crippen LogP contribution in [0.2, 0.25) is 0 Å². The minimum Gasteiger partial charge on any atom is -0.181 e. The van der Waals surface area contributed by atoms with Gasteiger partial charge in [0.05, 0.1) is 24.5 Å². The van der Waals surface area contributed by atoms with Crippen LogP contribution in [-0.4, -0.2) is 13.2 Å². The molecular formula is C2H6O2PS2+. The van der Waals surface area contributed by atoms with E-state index in [2.05, 4.69) is 24.5 Å². The molecule has 0 atom stereocenters. The summed E-state index contributed by atoms with van der Waals surface area (Å²) in [5, 5.41) is 0. The first kappa shape index (κ1) is 6.17. The maximum absolute atomic E-state index is 4.96. The second kappa shape index (κ2) is 2.11. The lowest BCUT2D eigenvalue weighted by Crippen LogP contribution is -1.79. The van der Waals surface area contributed by atoms with Crippen molar-refractivity contribution in [3.05, 3.63) is 0 Å². The van der Waals surface area contributed by atoms with E-state index in [0.29, 0.717) is 13.2 Å². The fourth-order valence-corrected chi connectivity index (χ4v) is 2.03. The number of hydrogen-bond donors (Lipinski definition) is 2. The first-order valence-electron chi connectivity index (χ1n) is 1.84. The predicted octanol–water partition coefficient (Wildman–Crippen LogP) is 1.57. The van der Waals surface area contributed by atoms with Gasteiger partial charge in [-0.3, -0.25) is 0 Å². The normalized spacial score (nSPS) is 28.3. The van der Waals surface area contributed by atoms with Gasteiger partial charge < -0.3 is 0 Å². The Balaban J connectivity index is 2.40. The number of rotatable bonds is 0. The van der Waals surface area contributed by atoms with E-state index in [9.17, 15) is 0 Å². The molecule has 7 heavy (non-hydrogen) atoms. The zero-order valence-corrected chi connectivity index (χ0v) is 6.26. The van der Waals surface area contributed by atoms with Crippen LogP contribution in [0, 0.1) is 0 Å². The van der Waals surface area contributed by atoms with Crippen LogP contribution >= 0.6 is 30.6 Å². The van der Waals surface area contributed by atoms with Gasteiger partial charge in [-0.05, 0) is 0 Å². The van der Waals surface area contributed by atoms with Crippen molar-refractivity contribution in [1.29, 1.82) is 0 Å². The van der Waals surface area contributed by atoms with Crippen LogP contribution in [0.4, 0.5) is 0 Å². The maximum atomic E-state index is 4.96. The SMILES string of the molecule is S[P+]1(S)OCCO1. The van der Waals surface area contributed by atoms with Crippen LogP contribution in [0.25, 0.3) is 0 Å². The van der Waals surface area contributed by atoms with E-state index in [1.165, 1.54) is 0 Å². The lowest BCUT2D eigenvalue weighted by atomic mass is 10.8. The van der Waals surface area contributed by atoms with Crippen molar-refractivity contribution in [1.82, 2.24) is 0 Å². The molecule has 0 aromatic heterocycles. The average molecular weight is 157 g/mol. The Kier molecular flexibility index (Phi) is 1.86. The zero-order valence-electron chi connectivity index (χ0n) is 3.57. The summed E-state index contributed by atoms with van der Waals surface area (Å²) >= 11 is 7.96. The molecule has 1 rings (SSSR count). The van der Waals surface area contributed by atoms with E-state index < -0.39 is 6.12 Å². The Morgan fingerprint density at radius 1 is 1.14 bits per heavy atom. The maximum Gasteiger partial charge on any atom is 0.389 e. The third-order valence-corrected chi connectivity index (χ3v) is 3.03. The zero-order chi connectivity index (χ0) is 5.33. The molecule has 42 valence electrons. The van der Waals surface area contributed by atoms with Crippen molar-refractivity contribution in [3.63, 3.8) is 0 Å². The second-order valence-electron chi connectivity index (χ2n) is 1.16. The van der Waals surface area contributed by atoms with Crippen LogP contribution in [0.3, 0.4) is 0 Å². The summed E-state index contributed by atoms with van der Waals surface area (Å²) in [5.74, 6) is 0. The molecule has 1 aliphatic heterocycles. The van der Waals surface area contributed by atoms with Gasteiger partial charge in [0.2, 0.25) is 0 Å². The van der Waals surface area contributed by atoms with Crippen molar-refractivity contribution in [2.24, 2.45) is 0 Å². The molecule has 0 aromatic rings. The van der Waals surface area contributed by atoms with Gasteiger partial charge in [0, 0.05) is 0 Å². The second-order valence-corrected chi connectivity index (χ2v) is 6.76. The summed E-state index contributed by atoms with van der Waals surface area (Å²) in [7, 11) is 0. The summed E-state index contributed by atoms with van der Waals surface area (Å²) < 4.78 is 9.92. The molecule has 5 heteroatoms. The van der Waals surface area contributed by atoms with Gasteiger partial charge in [0.15, 0.2) is 0 Å². The highest BCUT2D eigenvalue weighted by molar-refractivity contribution is 8.82. The van der Waals surface area contributed by atoms with Gasteiger partial charge in [0.1, 0.15) is 13.2 Å². The summed E-state index contributed by atoms with van der Waals surface area (Å²) in [4.78, 5) is 0. The van der Waals surface area contributed by atoms with Crippen LogP contribution < -0.4 is 0 Å². The Hall–Kier alpha value is 1.05. The van der Waals surface area contributed by atoms with Gasteiger partial charge in [-0.25, -0.2) is 0 Å². The van der Waals surface area contributed by atoms with Gasteiger partial charge in [-0.2, -0.15) is 9.05 Å². The molecule has 1 heterocycles. The standard InChI is InChI=1S/C2H6O2PS2/c6-5(7)3-1-2-4-5/h6-7H,1-2H2/q+1. The van der Waals surface area contributed by atoms with Crippen LogP contribution in [0.5, 0.6) is 0 Å². The molecule has 0 amide bonds. The summed E-state index contributed by atoms with van der Waals surface area (Å²) in [5.41, 5.74) is 0. The molecule has 0 saturated carbocycles. The van der Waals surface area contributed by atoms with Crippen molar-refractivity contribution < 1.29 is 9.05 Å². The van der Waals surface area contributed by atoms with Crippen molar-refractivity contribution in [3.8, 4) is 0 Å². The fourth-order valence-electron chi connectivity index (χ4n) is 0.350. The molecule has 0 radical (unpaired) electrons. The topological polar surface area (TPSA) is 18.5 Å². The predicted molar refractivity (Wildman–Crippen MR) is 36.8 cm³/mol. The molecule has 0 aliphatic carbocycles. The summed E-state index contributed by atoms with van der Waals surface area (Å²) in [6, 6.07) is 0. The molecule has 1 fully saturated rings. The molecule has 1 aliphatic rings. The third-order valence-electron chi connectivity index (χ3n) is 0.602. The average Bonchev–Trinajstić information content (AvgIpc) is 1.84. The van der Waals surface area contributed by atoms with Crippen molar-refractivity contribution >= 4 is 30.6 Å². The van der Waals surface area contributed by atoms with E-state index in [4.69, 9.17) is 9.05 Å². The highest BCUT2D eigenvalue weighted by Crippen LogP contribution is 2.72. The summed E-state index contributed by atoms with van der Waals surface area (Å²) in [6.45, 7) is 1.28. The lowest BCUT2D eigenvalue weighted by molar-refractivity contribution is 0.365. The van der Waals surface area contributed by atoms with Gasteiger partial charge in [-0.1, -0.05) is 0 Å².